The summed E-state index contributed by atoms with van der Waals surface area (Å²) < 4.78 is 14.4. The minimum atomic E-state index is -0.379. The van der Waals surface area contributed by atoms with Crippen molar-refractivity contribution >= 4 is 33.3 Å². The quantitative estimate of drug-likeness (QED) is 0.589. The van der Waals surface area contributed by atoms with Crippen molar-refractivity contribution in [3.63, 3.8) is 0 Å². The molecular weight excluding hydrogens is 367 g/mol. The number of carbonyl (C=O) groups excluding carboxylic acids is 1. The molecule has 4 rings (SSSR count). The Morgan fingerprint density at radius 3 is 2.70 bits per heavy atom. The van der Waals surface area contributed by atoms with Crippen LogP contribution in [-0.2, 0) is 11.3 Å². The number of aromatic nitrogens is 3. The van der Waals surface area contributed by atoms with Crippen molar-refractivity contribution in [1.82, 2.24) is 14.5 Å². The zero-order chi connectivity index (χ0) is 18.8. The van der Waals surface area contributed by atoms with Crippen molar-refractivity contribution in [2.75, 3.05) is 5.32 Å². The Bertz CT molecular complexity index is 1170. The fourth-order valence-electron chi connectivity index (χ4n) is 2.70. The molecule has 134 valence electrons. The third kappa shape index (κ3) is 3.47. The molecule has 1 amide bonds. The van der Waals surface area contributed by atoms with Crippen LogP contribution in [0.25, 0.3) is 21.3 Å². The van der Waals surface area contributed by atoms with E-state index in [1.54, 1.807) is 36.5 Å². The predicted molar refractivity (Wildman–Crippen MR) is 102 cm³/mol. The van der Waals surface area contributed by atoms with E-state index >= 15 is 0 Å². The van der Waals surface area contributed by atoms with E-state index in [4.69, 9.17) is 0 Å². The van der Waals surface area contributed by atoms with Crippen LogP contribution in [0.15, 0.2) is 65.2 Å². The van der Waals surface area contributed by atoms with Crippen LogP contribution in [0.2, 0.25) is 0 Å². The molecule has 6 nitrogen and oxygen atoms in total. The van der Waals surface area contributed by atoms with Gasteiger partial charge in [-0.2, -0.15) is 0 Å². The van der Waals surface area contributed by atoms with Crippen LogP contribution in [-0.4, -0.2) is 20.4 Å². The van der Waals surface area contributed by atoms with Crippen LogP contribution < -0.4 is 10.9 Å². The molecule has 3 aromatic heterocycles. The van der Waals surface area contributed by atoms with Crippen LogP contribution >= 0.6 is 11.3 Å². The van der Waals surface area contributed by atoms with Gasteiger partial charge in [-0.1, -0.05) is 18.2 Å². The molecule has 8 heteroatoms. The number of nitrogens with zero attached hydrogens (tertiary/aromatic N) is 3. The molecule has 0 fully saturated rings. The molecule has 0 unspecified atom stereocenters. The van der Waals surface area contributed by atoms with E-state index in [0.717, 1.165) is 5.56 Å². The van der Waals surface area contributed by atoms with Crippen LogP contribution in [0, 0.1) is 5.82 Å². The van der Waals surface area contributed by atoms with Gasteiger partial charge in [-0.05, 0) is 29.8 Å². The number of thiophene rings is 1. The van der Waals surface area contributed by atoms with Crippen molar-refractivity contribution in [2.45, 2.75) is 6.54 Å². The Labute approximate surface area is 157 Å². The van der Waals surface area contributed by atoms with E-state index in [9.17, 15) is 14.0 Å². The number of amides is 1. The molecule has 0 aliphatic rings. The number of pyridine rings is 1. The second kappa shape index (κ2) is 7.08. The normalized spacial score (nSPS) is 10.9. The maximum absolute atomic E-state index is 13.2. The average molecular weight is 380 g/mol. The summed E-state index contributed by atoms with van der Waals surface area (Å²) in [7, 11) is 0. The topological polar surface area (TPSA) is 76.9 Å². The minimum absolute atomic E-state index is 0.183. The summed E-state index contributed by atoms with van der Waals surface area (Å²) in [5, 5.41) is 4.86. The van der Waals surface area contributed by atoms with Gasteiger partial charge >= 0.3 is 0 Å². The average Bonchev–Trinajstić information content (AvgIpc) is 3.10. The first-order valence-corrected chi connectivity index (χ1v) is 8.93. The van der Waals surface area contributed by atoms with E-state index in [2.05, 4.69) is 15.3 Å². The van der Waals surface area contributed by atoms with Gasteiger partial charge in [0.05, 0.1) is 11.7 Å². The molecule has 0 saturated carbocycles. The SMILES string of the molecule is O=C(Cn1cnc2scc(-c3ccc(F)cc3)c2c1=O)Nc1ccccn1. The smallest absolute Gasteiger partial charge is 0.263 e. The van der Waals surface area contributed by atoms with Crippen LogP contribution in [0.1, 0.15) is 0 Å². The lowest BCUT2D eigenvalue weighted by Crippen LogP contribution is -2.28. The van der Waals surface area contributed by atoms with Crippen molar-refractivity contribution in [2.24, 2.45) is 0 Å². The summed E-state index contributed by atoms with van der Waals surface area (Å²) in [6, 6.07) is 11.1. The van der Waals surface area contributed by atoms with E-state index in [0.29, 0.717) is 21.6 Å². The molecule has 3 heterocycles. The lowest BCUT2D eigenvalue weighted by Gasteiger charge is -2.07. The Morgan fingerprint density at radius 1 is 1.15 bits per heavy atom. The summed E-state index contributed by atoms with van der Waals surface area (Å²) in [5.41, 5.74) is 1.07. The summed E-state index contributed by atoms with van der Waals surface area (Å²) in [5.74, 6) is -0.317. The van der Waals surface area contributed by atoms with Crippen LogP contribution in [0.5, 0.6) is 0 Å². The van der Waals surface area contributed by atoms with Crippen molar-refractivity contribution in [3.8, 4) is 11.1 Å². The first kappa shape index (κ1) is 17.0. The number of hydrogen-bond donors (Lipinski definition) is 1. The van der Waals surface area contributed by atoms with Gasteiger partial charge in [0.2, 0.25) is 5.91 Å². The summed E-state index contributed by atoms with van der Waals surface area (Å²) in [6.45, 7) is -0.183. The molecule has 0 aliphatic heterocycles. The van der Waals surface area contributed by atoms with Gasteiger partial charge in [0.15, 0.2) is 0 Å². The number of fused-ring (bicyclic) bond motifs is 1. The molecule has 0 saturated heterocycles. The van der Waals surface area contributed by atoms with Crippen molar-refractivity contribution in [3.05, 3.63) is 76.5 Å². The van der Waals surface area contributed by atoms with Gasteiger partial charge in [-0.3, -0.25) is 14.2 Å². The van der Waals surface area contributed by atoms with Crippen LogP contribution in [0.3, 0.4) is 0 Å². The third-order valence-electron chi connectivity index (χ3n) is 3.96. The Balaban J connectivity index is 1.67. The maximum atomic E-state index is 13.2. The Hall–Kier alpha value is -3.39. The number of anilines is 1. The standard InChI is InChI=1S/C19H13FN4O2S/c20-13-6-4-12(5-7-13)14-10-27-18-17(14)19(26)24(11-22-18)9-16(25)23-15-3-1-2-8-21-15/h1-8,10-11H,9H2,(H,21,23,25). The molecule has 0 bridgehead atoms. The maximum Gasteiger partial charge on any atom is 0.263 e. The first-order chi connectivity index (χ1) is 13.1. The second-order valence-electron chi connectivity index (χ2n) is 5.78. The molecule has 0 atom stereocenters. The molecule has 1 N–H and O–H groups in total. The van der Waals surface area contributed by atoms with Gasteiger partial charge in [0.25, 0.3) is 5.56 Å². The summed E-state index contributed by atoms with van der Waals surface area (Å²) >= 11 is 1.33. The van der Waals surface area contributed by atoms with Gasteiger partial charge in [0, 0.05) is 17.1 Å². The monoisotopic (exact) mass is 380 g/mol. The highest BCUT2D eigenvalue weighted by molar-refractivity contribution is 7.17. The fraction of sp³-hybridized carbons (Fsp3) is 0.0526. The summed E-state index contributed by atoms with van der Waals surface area (Å²) in [6.07, 6.45) is 2.92. The first-order valence-electron chi connectivity index (χ1n) is 8.05. The van der Waals surface area contributed by atoms with Crippen molar-refractivity contribution < 1.29 is 9.18 Å². The van der Waals surface area contributed by atoms with E-state index in [1.807, 2.05) is 5.38 Å². The Morgan fingerprint density at radius 2 is 1.96 bits per heavy atom. The second-order valence-corrected chi connectivity index (χ2v) is 6.64. The predicted octanol–water partition coefficient (Wildman–Crippen LogP) is 3.30. The largest absolute Gasteiger partial charge is 0.309 e. The van der Waals surface area contributed by atoms with E-state index in [1.165, 1.54) is 34.4 Å². The number of benzene rings is 1. The van der Waals surface area contributed by atoms with Gasteiger partial charge in [-0.15, -0.1) is 11.3 Å². The van der Waals surface area contributed by atoms with E-state index in [-0.39, 0.29) is 23.8 Å². The fourth-order valence-corrected chi connectivity index (χ4v) is 3.60. The van der Waals surface area contributed by atoms with Gasteiger partial charge in [-0.25, -0.2) is 14.4 Å². The van der Waals surface area contributed by atoms with Crippen molar-refractivity contribution in [1.29, 1.82) is 0 Å². The number of nitrogens with one attached hydrogen (secondary N) is 1. The zero-order valence-electron chi connectivity index (χ0n) is 13.9. The molecule has 4 aromatic rings. The number of rotatable bonds is 4. The zero-order valence-corrected chi connectivity index (χ0v) is 14.7. The molecule has 0 spiro atoms. The van der Waals surface area contributed by atoms with Gasteiger partial charge < -0.3 is 5.32 Å². The van der Waals surface area contributed by atoms with E-state index < -0.39 is 0 Å². The number of hydrogen-bond acceptors (Lipinski definition) is 5. The van der Waals surface area contributed by atoms with Crippen LogP contribution in [0.4, 0.5) is 10.2 Å². The molecule has 0 aliphatic carbocycles. The number of halogens is 1. The third-order valence-corrected chi connectivity index (χ3v) is 4.85. The van der Waals surface area contributed by atoms with Gasteiger partial charge in [0.1, 0.15) is 23.0 Å². The Kier molecular flexibility index (Phi) is 4.47. The highest BCUT2D eigenvalue weighted by Gasteiger charge is 2.15. The highest BCUT2D eigenvalue weighted by atomic mass is 32.1. The molecule has 27 heavy (non-hydrogen) atoms. The summed E-state index contributed by atoms with van der Waals surface area (Å²) in [4.78, 5) is 34.0. The minimum Gasteiger partial charge on any atom is -0.309 e. The molecule has 0 radical (unpaired) electrons. The number of carbonyl (C=O) groups is 1. The lowest BCUT2D eigenvalue weighted by atomic mass is 10.1. The molecular formula is C19H13FN4O2S. The lowest BCUT2D eigenvalue weighted by molar-refractivity contribution is -0.116. The highest BCUT2D eigenvalue weighted by Crippen LogP contribution is 2.30. The molecule has 1 aromatic carbocycles.